The molecule has 1 heterocycles. The van der Waals surface area contributed by atoms with E-state index in [1.54, 1.807) is 18.2 Å². The predicted molar refractivity (Wildman–Crippen MR) is 74.2 cm³/mol. The molecular weight excluding hydrogens is 273 g/mol. The lowest BCUT2D eigenvalue weighted by Gasteiger charge is -2.21. The highest BCUT2D eigenvalue weighted by Crippen LogP contribution is 2.39. The standard InChI is InChI=1S/C15H18FN3O2/c16-11-5-1-2-6-12(11)20-9-13-18-14(21-19-13)15(10-17)7-3-4-8-15/h1-2,5-6H,3-4,7-10,17H2. The lowest BCUT2D eigenvalue weighted by atomic mass is 9.86. The molecule has 0 aliphatic heterocycles. The monoisotopic (exact) mass is 291 g/mol. The van der Waals surface area contributed by atoms with Gasteiger partial charge in [-0.3, -0.25) is 0 Å². The number of para-hydroxylation sites is 1. The maximum Gasteiger partial charge on any atom is 0.234 e. The highest BCUT2D eigenvalue weighted by Gasteiger charge is 2.39. The molecule has 2 aromatic rings. The molecule has 1 aromatic heterocycles. The zero-order chi connectivity index (χ0) is 14.7. The second-order valence-corrected chi connectivity index (χ2v) is 5.43. The molecule has 1 aromatic carbocycles. The second kappa shape index (κ2) is 5.81. The van der Waals surface area contributed by atoms with Gasteiger partial charge in [-0.1, -0.05) is 30.1 Å². The Morgan fingerprint density at radius 1 is 1.29 bits per heavy atom. The van der Waals surface area contributed by atoms with Gasteiger partial charge < -0.3 is 15.0 Å². The van der Waals surface area contributed by atoms with Gasteiger partial charge in [0.25, 0.3) is 0 Å². The van der Waals surface area contributed by atoms with E-state index in [0.717, 1.165) is 25.7 Å². The quantitative estimate of drug-likeness (QED) is 0.916. The van der Waals surface area contributed by atoms with Crippen LogP contribution in [0.3, 0.4) is 0 Å². The SMILES string of the molecule is NCC1(c2nc(COc3ccccc3F)no2)CCCC1. The van der Waals surface area contributed by atoms with Crippen molar-refractivity contribution in [1.82, 2.24) is 10.1 Å². The zero-order valence-corrected chi connectivity index (χ0v) is 11.7. The van der Waals surface area contributed by atoms with Crippen LogP contribution in [0.5, 0.6) is 5.75 Å². The number of rotatable bonds is 5. The van der Waals surface area contributed by atoms with Crippen LogP contribution in [0.15, 0.2) is 28.8 Å². The van der Waals surface area contributed by atoms with E-state index in [0.29, 0.717) is 18.3 Å². The van der Waals surface area contributed by atoms with Crippen molar-refractivity contribution >= 4 is 0 Å². The molecule has 2 N–H and O–H groups in total. The minimum atomic E-state index is -0.407. The normalized spacial score (nSPS) is 17.0. The molecule has 0 bridgehead atoms. The molecule has 21 heavy (non-hydrogen) atoms. The fraction of sp³-hybridized carbons (Fsp3) is 0.467. The number of halogens is 1. The number of nitrogens with zero attached hydrogens (tertiary/aromatic N) is 2. The Hall–Kier alpha value is -1.95. The van der Waals surface area contributed by atoms with Gasteiger partial charge in [-0.25, -0.2) is 4.39 Å². The van der Waals surface area contributed by atoms with Crippen molar-refractivity contribution in [3.63, 3.8) is 0 Å². The lowest BCUT2D eigenvalue weighted by molar-refractivity contribution is 0.263. The maximum absolute atomic E-state index is 13.5. The van der Waals surface area contributed by atoms with E-state index in [4.69, 9.17) is 15.0 Å². The molecule has 0 radical (unpaired) electrons. The third-order valence-electron chi connectivity index (χ3n) is 4.07. The number of hydrogen-bond donors (Lipinski definition) is 1. The molecule has 6 heteroatoms. The summed E-state index contributed by atoms with van der Waals surface area (Å²) in [4.78, 5) is 4.37. The third-order valence-corrected chi connectivity index (χ3v) is 4.07. The summed E-state index contributed by atoms with van der Waals surface area (Å²) < 4.78 is 24.2. The molecule has 1 aliphatic carbocycles. The Morgan fingerprint density at radius 2 is 2.05 bits per heavy atom. The number of nitrogens with two attached hydrogens (primary N) is 1. The molecule has 3 rings (SSSR count). The van der Waals surface area contributed by atoms with Crippen molar-refractivity contribution < 1.29 is 13.7 Å². The van der Waals surface area contributed by atoms with Gasteiger partial charge in [0, 0.05) is 6.54 Å². The lowest BCUT2D eigenvalue weighted by Crippen LogP contribution is -2.32. The van der Waals surface area contributed by atoms with E-state index in [1.807, 2.05) is 0 Å². The van der Waals surface area contributed by atoms with E-state index in [9.17, 15) is 4.39 Å². The third kappa shape index (κ3) is 2.76. The van der Waals surface area contributed by atoms with Crippen LogP contribution in [0.2, 0.25) is 0 Å². The first-order chi connectivity index (χ1) is 10.2. The van der Waals surface area contributed by atoms with Crippen LogP contribution in [0.4, 0.5) is 4.39 Å². The van der Waals surface area contributed by atoms with Crippen molar-refractivity contribution in [3.8, 4) is 5.75 Å². The van der Waals surface area contributed by atoms with Crippen LogP contribution in [-0.4, -0.2) is 16.7 Å². The minimum Gasteiger partial charge on any atom is -0.482 e. The molecule has 0 unspecified atom stereocenters. The Labute approximate surface area is 122 Å². The molecule has 0 atom stereocenters. The van der Waals surface area contributed by atoms with Crippen molar-refractivity contribution in [2.75, 3.05) is 6.54 Å². The molecule has 1 saturated carbocycles. The Kier molecular flexibility index (Phi) is 3.88. The molecule has 0 saturated heterocycles. The summed E-state index contributed by atoms with van der Waals surface area (Å²) in [6.07, 6.45) is 4.19. The van der Waals surface area contributed by atoms with Gasteiger partial charge in [0.05, 0.1) is 5.41 Å². The first-order valence-corrected chi connectivity index (χ1v) is 7.14. The second-order valence-electron chi connectivity index (χ2n) is 5.43. The summed E-state index contributed by atoms with van der Waals surface area (Å²) in [5.41, 5.74) is 5.70. The molecule has 1 fully saturated rings. The van der Waals surface area contributed by atoms with Crippen molar-refractivity contribution in [2.24, 2.45) is 5.73 Å². The largest absolute Gasteiger partial charge is 0.482 e. The predicted octanol–water partition coefficient (Wildman–Crippen LogP) is 2.56. The summed E-state index contributed by atoms with van der Waals surface area (Å²) in [5.74, 6) is 0.760. The summed E-state index contributed by atoms with van der Waals surface area (Å²) >= 11 is 0. The molecular formula is C15H18FN3O2. The molecule has 0 amide bonds. The van der Waals surface area contributed by atoms with Crippen LogP contribution in [-0.2, 0) is 12.0 Å². The van der Waals surface area contributed by atoms with Gasteiger partial charge in [-0.05, 0) is 25.0 Å². The smallest absolute Gasteiger partial charge is 0.234 e. The van der Waals surface area contributed by atoms with Crippen LogP contribution in [0.1, 0.15) is 37.4 Å². The molecule has 1 aliphatic rings. The maximum atomic E-state index is 13.5. The van der Waals surface area contributed by atoms with Gasteiger partial charge in [-0.15, -0.1) is 0 Å². The van der Waals surface area contributed by atoms with Crippen molar-refractivity contribution in [2.45, 2.75) is 37.7 Å². The highest BCUT2D eigenvalue weighted by atomic mass is 19.1. The minimum absolute atomic E-state index is 0.0745. The van der Waals surface area contributed by atoms with Gasteiger partial charge in [0.15, 0.2) is 18.2 Å². The number of benzene rings is 1. The van der Waals surface area contributed by atoms with Gasteiger partial charge in [-0.2, -0.15) is 4.98 Å². The average molecular weight is 291 g/mol. The zero-order valence-electron chi connectivity index (χ0n) is 11.7. The van der Waals surface area contributed by atoms with E-state index < -0.39 is 5.82 Å². The van der Waals surface area contributed by atoms with Crippen LogP contribution >= 0.6 is 0 Å². The fourth-order valence-corrected chi connectivity index (χ4v) is 2.79. The van der Waals surface area contributed by atoms with E-state index in [2.05, 4.69) is 10.1 Å². The first kappa shape index (κ1) is 14.0. The van der Waals surface area contributed by atoms with Crippen LogP contribution in [0.25, 0.3) is 0 Å². The number of aromatic nitrogens is 2. The molecule has 0 spiro atoms. The van der Waals surface area contributed by atoms with Gasteiger partial charge >= 0.3 is 0 Å². The van der Waals surface area contributed by atoms with Crippen molar-refractivity contribution in [3.05, 3.63) is 41.8 Å². The summed E-state index contributed by atoms with van der Waals surface area (Å²) in [7, 11) is 0. The Morgan fingerprint density at radius 3 is 2.76 bits per heavy atom. The highest BCUT2D eigenvalue weighted by molar-refractivity contribution is 5.23. The summed E-state index contributed by atoms with van der Waals surface area (Å²) in [5, 5.41) is 3.91. The summed E-state index contributed by atoms with van der Waals surface area (Å²) in [6, 6.07) is 6.23. The van der Waals surface area contributed by atoms with E-state index >= 15 is 0 Å². The van der Waals surface area contributed by atoms with E-state index in [-0.39, 0.29) is 17.8 Å². The van der Waals surface area contributed by atoms with Crippen LogP contribution < -0.4 is 10.5 Å². The molecule has 112 valence electrons. The van der Waals surface area contributed by atoms with E-state index in [1.165, 1.54) is 6.07 Å². The number of ether oxygens (including phenoxy) is 1. The fourth-order valence-electron chi connectivity index (χ4n) is 2.79. The van der Waals surface area contributed by atoms with Crippen molar-refractivity contribution in [1.29, 1.82) is 0 Å². The topological polar surface area (TPSA) is 74.2 Å². The van der Waals surface area contributed by atoms with Crippen LogP contribution in [0, 0.1) is 5.82 Å². The summed E-state index contributed by atoms with van der Waals surface area (Å²) in [6.45, 7) is 0.577. The Bertz CT molecular complexity index is 608. The van der Waals surface area contributed by atoms with Gasteiger partial charge in [0.1, 0.15) is 0 Å². The molecule has 5 nitrogen and oxygen atoms in total. The Balaban J connectivity index is 1.69. The first-order valence-electron chi connectivity index (χ1n) is 7.14. The number of hydrogen-bond acceptors (Lipinski definition) is 5. The average Bonchev–Trinajstić information content (AvgIpc) is 3.16. The van der Waals surface area contributed by atoms with Gasteiger partial charge in [0.2, 0.25) is 11.7 Å².